The third kappa shape index (κ3) is 5.36. The van der Waals surface area contributed by atoms with E-state index in [1.807, 2.05) is 20.8 Å². The van der Waals surface area contributed by atoms with Gasteiger partial charge in [-0.15, -0.1) is 0 Å². The summed E-state index contributed by atoms with van der Waals surface area (Å²) in [5, 5.41) is 13.0. The number of rotatable bonds is 5. The molecule has 0 bridgehead atoms. The average Bonchev–Trinajstić information content (AvgIpc) is 2.59. The largest absolute Gasteiger partial charge is 0.507 e. The molecule has 4 N–H and O–H groups in total. The fraction of sp³-hybridized carbons (Fsp3) is 0.368. The van der Waals surface area contributed by atoms with Crippen LogP contribution in [0.1, 0.15) is 32.8 Å². The smallest absolute Gasteiger partial charge is 0.346 e. The van der Waals surface area contributed by atoms with Crippen LogP contribution in [0, 0.1) is 5.41 Å². The molecule has 0 spiro atoms. The average molecular weight is 468 g/mol. The minimum atomic E-state index is -4.36. The Morgan fingerprint density at radius 3 is 2.55 bits per heavy atom. The number of aromatic nitrogens is 1. The van der Waals surface area contributed by atoms with Crippen molar-refractivity contribution < 1.29 is 23.0 Å². The van der Waals surface area contributed by atoms with Gasteiger partial charge in [-0.05, 0) is 36.1 Å². The molecule has 2 heterocycles. The van der Waals surface area contributed by atoms with Crippen LogP contribution in [-0.4, -0.2) is 35.1 Å². The number of anilines is 2. The summed E-state index contributed by atoms with van der Waals surface area (Å²) in [7, 11) is -7.94. The Labute approximate surface area is 180 Å². The van der Waals surface area contributed by atoms with Gasteiger partial charge in [0.25, 0.3) is 5.56 Å². The molecule has 12 heteroatoms. The SMILES string of the molecule is CC(C)(C)CCn1ccc(O)c(C2=NP(=O)(O)c3cc(NS(C)(=O)=O)ccc3N2)c1=O. The molecule has 168 valence electrons. The molecule has 31 heavy (non-hydrogen) atoms. The molecule has 1 aliphatic heterocycles. The van der Waals surface area contributed by atoms with Gasteiger partial charge in [-0.1, -0.05) is 20.8 Å². The molecule has 1 atom stereocenters. The lowest BCUT2D eigenvalue weighted by molar-refractivity contribution is 0.347. The summed E-state index contributed by atoms with van der Waals surface area (Å²) in [6.07, 6.45) is 3.13. The molecule has 0 saturated carbocycles. The van der Waals surface area contributed by atoms with Gasteiger partial charge in [-0.3, -0.25) is 14.1 Å². The van der Waals surface area contributed by atoms with Crippen molar-refractivity contribution in [2.75, 3.05) is 16.3 Å². The molecule has 1 unspecified atom stereocenters. The fourth-order valence-corrected chi connectivity index (χ4v) is 4.87. The van der Waals surface area contributed by atoms with Crippen molar-refractivity contribution in [3.05, 3.63) is 46.4 Å². The first-order valence-corrected chi connectivity index (χ1v) is 12.9. The summed E-state index contributed by atoms with van der Waals surface area (Å²) in [5.74, 6) is -0.600. The van der Waals surface area contributed by atoms with E-state index in [4.69, 9.17) is 0 Å². The van der Waals surface area contributed by atoms with Crippen LogP contribution in [0.5, 0.6) is 5.75 Å². The first-order valence-electron chi connectivity index (χ1n) is 9.41. The molecule has 2 aromatic rings. The van der Waals surface area contributed by atoms with Crippen molar-refractivity contribution in [3.63, 3.8) is 0 Å². The Morgan fingerprint density at radius 2 is 1.94 bits per heavy atom. The summed E-state index contributed by atoms with van der Waals surface area (Å²) < 4.78 is 43.2. The molecule has 1 aromatic heterocycles. The van der Waals surface area contributed by atoms with Gasteiger partial charge in [0.1, 0.15) is 11.3 Å². The van der Waals surface area contributed by atoms with Gasteiger partial charge < -0.3 is 19.9 Å². The van der Waals surface area contributed by atoms with Crippen LogP contribution in [0.4, 0.5) is 11.4 Å². The molecule has 0 amide bonds. The van der Waals surface area contributed by atoms with E-state index in [2.05, 4.69) is 14.8 Å². The summed E-state index contributed by atoms with van der Waals surface area (Å²) in [6.45, 7) is 6.52. The highest BCUT2D eigenvalue weighted by molar-refractivity contribution is 7.92. The number of aryl methyl sites for hydroxylation is 1. The Kier molecular flexibility index (Phi) is 5.81. The molecule has 1 aromatic carbocycles. The van der Waals surface area contributed by atoms with Crippen molar-refractivity contribution in [3.8, 4) is 5.75 Å². The van der Waals surface area contributed by atoms with Crippen molar-refractivity contribution in [2.24, 2.45) is 10.2 Å². The number of hydrogen-bond donors (Lipinski definition) is 4. The number of hydrogen-bond acceptors (Lipinski definition) is 6. The molecule has 10 nitrogen and oxygen atoms in total. The van der Waals surface area contributed by atoms with Gasteiger partial charge in [-0.25, -0.2) is 8.42 Å². The van der Waals surface area contributed by atoms with E-state index in [-0.39, 0.29) is 39.2 Å². The third-order valence-electron chi connectivity index (χ3n) is 4.59. The Morgan fingerprint density at radius 1 is 1.26 bits per heavy atom. The summed E-state index contributed by atoms with van der Waals surface area (Å²) in [4.78, 5) is 23.5. The highest BCUT2D eigenvalue weighted by Gasteiger charge is 2.33. The molecule has 0 aliphatic carbocycles. The van der Waals surface area contributed by atoms with Crippen LogP contribution in [0.2, 0.25) is 0 Å². The van der Waals surface area contributed by atoms with E-state index in [1.54, 1.807) is 0 Å². The highest BCUT2D eigenvalue weighted by Crippen LogP contribution is 2.47. The first kappa shape index (κ1) is 23.1. The molecular weight excluding hydrogens is 443 g/mol. The lowest BCUT2D eigenvalue weighted by Crippen LogP contribution is -2.33. The number of nitrogens with zero attached hydrogens (tertiary/aromatic N) is 2. The number of aromatic hydroxyl groups is 1. The molecule has 0 fully saturated rings. The lowest BCUT2D eigenvalue weighted by atomic mass is 9.92. The van der Waals surface area contributed by atoms with Gasteiger partial charge >= 0.3 is 7.52 Å². The number of fused-ring (bicyclic) bond motifs is 1. The first-order chi connectivity index (χ1) is 14.2. The van der Waals surface area contributed by atoms with Crippen LogP contribution in [0.15, 0.2) is 40.0 Å². The maximum absolute atomic E-state index is 13.0. The van der Waals surface area contributed by atoms with E-state index in [0.717, 1.165) is 6.26 Å². The van der Waals surface area contributed by atoms with Crippen molar-refractivity contribution in [1.29, 1.82) is 0 Å². The van der Waals surface area contributed by atoms with E-state index in [1.165, 1.54) is 35.0 Å². The number of amidine groups is 1. The van der Waals surface area contributed by atoms with Crippen LogP contribution in [-0.2, 0) is 21.1 Å². The third-order valence-corrected chi connectivity index (χ3v) is 6.66. The number of benzene rings is 1. The number of nitrogens with one attached hydrogen (secondary N) is 2. The number of pyridine rings is 1. The molecule has 0 radical (unpaired) electrons. The molecule has 0 saturated heterocycles. The second kappa shape index (κ2) is 7.81. The maximum atomic E-state index is 13.0. The van der Waals surface area contributed by atoms with Gasteiger partial charge in [-0.2, -0.15) is 4.76 Å². The molecule has 1 aliphatic rings. The minimum Gasteiger partial charge on any atom is -0.507 e. The zero-order valence-electron chi connectivity index (χ0n) is 17.6. The van der Waals surface area contributed by atoms with Gasteiger partial charge in [0, 0.05) is 18.4 Å². The topological polar surface area (TPSA) is 150 Å². The van der Waals surface area contributed by atoms with Crippen molar-refractivity contribution >= 4 is 40.1 Å². The van der Waals surface area contributed by atoms with Crippen LogP contribution >= 0.6 is 7.52 Å². The minimum absolute atomic E-state index is 0.0183. The van der Waals surface area contributed by atoms with Gasteiger partial charge in [0.05, 0.1) is 17.2 Å². The molecule has 3 rings (SSSR count). The van der Waals surface area contributed by atoms with E-state index >= 15 is 0 Å². The highest BCUT2D eigenvalue weighted by atomic mass is 32.2. The van der Waals surface area contributed by atoms with E-state index < -0.39 is 23.1 Å². The fourth-order valence-electron chi connectivity index (χ4n) is 3.03. The second-order valence-electron chi connectivity index (χ2n) is 8.61. The Balaban J connectivity index is 2.04. The molecular formula is C19H25N4O6PS. The summed E-state index contributed by atoms with van der Waals surface area (Å²) in [5.41, 5.74) is -0.499. The monoisotopic (exact) mass is 468 g/mol. The van der Waals surface area contributed by atoms with Gasteiger partial charge in [0.15, 0.2) is 5.84 Å². The lowest BCUT2D eigenvalue weighted by Gasteiger charge is -2.23. The van der Waals surface area contributed by atoms with Crippen LogP contribution in [0.25, 0.3) is 0 Å². The van der Waals surface area contributed by atoms with Crippen LogP contribution in [0.3, 0.4) is 0 Å². The predicted octanol–water partition coefficient (Wildman–Crippen LogP) is 2.04. The normalized spacial score (nSPS) is 18.7. The van der Waals surface area contributed by atoms with Gasteiger partial charge in [0.2, 0.25) is 10.0 Å². The zero-order valence-corrected chi connectivity index (χ0v) is 19.3. The summed E-state index contributed by atoms with van der Waals surface area (Å²) in [6, 6.07) is 5.35. The Bertz CT molecular complexity index is 1280. The second-order valence-corrected chi connectivity index (χ2v) is 12.1. The van der Waals surface area contributed by atoms with E-state index in [0.29, 0.717) is 13.0 Å². The number of sulfonamides is 1. The summed E-state index contributed by atoms with van der Waals surface area (Å²) >= 11 is 0. The van der Waals surface area contributed by atoms with Crippen LogP contribution < -0.4 is 20.9 Å². The Hall–Kier alpha value is -2.62. The quantitative estimate of drug-likeness (QED) is 0.491. The zero-order chi connectivity index (χ0) is 23.2. The maximum Gasteiger partial charge on any atom is 0.346 e. The van der Waals surface area contributed by atoms with E-state index in [9.17, 15) is 27.8 Å². The standard InChI is InChI=1S/C19H25N4O6PS/c1-19(2,3)8-10-23-9-7-14(24)16(18(23)25)17-20-13-6-5-12(22-31(4,28)29)11-15(13)30(26,27)21-17/h5-7,9,11,22,24H,8,10H2,1-4H3,(H2,20,21,26,27). The van der Waals surface area contributed by atoms with Crippen molar-refractivity contribution in [2.45, 2.75) is 33.7 Å². The predicted molar refractivity (Wildman–Crippen MR) is 121 cm³/mol. The van der Waals surface area contributed by atoms with Crippen molar-refractivity contribution in [1.82, 2.24) is 4.57 Å².